The maximum Gasteiger partial charge on any atom is 0.185 e. The molecule has 1 aliphatic heterocycles. The Labute approximate surface area is 112 Å². The number of aromatic nitrogens is 1. The molecule has 5 heteroatoms. The predicted octanol–water partition coefficient (Wildman–Crippen LogP) is 1.65. The fraction of sp³-hybridized carbons (Fsp3) is 0.769. The first-order valence-corrected chi connectivity index (χ1v) is 7.56. The molecule has 1 aromatic heterocycles. The van der Waals surface area contributed by atoms with Gasteiger partial charge in [-0.15, -0.1) is 0 Å². The molecule has 0 aromatic carbocycles. The van der Waals surface area contributed by atoms with E-state index in [1.165, 1.54) is 18.5 Å². The number of anilines is 1. The number of hydrogen-bond donors (Lipinski definition) is 1. The van der Waals surface area contributed by atoms with E-state index >= 15 is 0 Å². The molecule has 2 heterocycles. The number of aliphatic hydroxyl groups excluding tert-OH is 1. The van der Waals surface area contributed by atoms with Crippen molar-refractivity contribution in [2.75, 3.05) is 31.6 Å². The van der Waals surface area contributed by atoms with E-state index in [-0.39, 0.29) is 6.61 Å². The highest BCUT2D eigenvalue weighted by atomic mass is 32.1. The average Bonchev–Trinajstić information content (AvgIpc) is 3.12. The summed E-state index contributed by atoms with van der Waals surface area (Å²) in [5.41, 5.74) is 1.17. The van der Waals surface area contributed by atoms with Crippen molar-refractivity contribution in [3.8, 4) is 0 Å². The molecule has 0 bridgehead atoms. The van der Waals surface area contributed by atoms with Gasteiger partial charge in [-0.1, -0.05) is 11.3 Å². The third kappa shape index (κ3) is 2.27. The normalized spacial score (nSPS) is 25.7. The van der Waals surface area contributed by atoms with Crippen molar-refractivity contribution in [1.82, 2.24) is 9.88 Å². The third-order valence-electron chi connectivity index (χ3n) is 4.05. The van der Waals surface area contributed by atoms with Gasteiger partial charge < -0.3 is 14.9 Å². The average molecular weight is 267 g/mol. The summed E-state index contributed by atoms with van der Waals surface area (Å²) in [5.74, 6) is 0.627. The van der Waals surface area contributed by atoms with Gasteiger partial charge in [-0.3, -0.25) is 0 Å². The van der Waals surface area contributed by atoms with Crippen LogP contribution in [0.2, 0.25) is 0 Å². The minimum absolute atomic E-state index is 0.146. The molecule has 18 heavy (non-hydrogen) atoms. The van der Waals surface area contributed by atoms with Crippen LogP contribution in [-0.4, -0.2) is 47.7 Å². The van der Waals surface area contributed by atoms with Gasteiger partial charge in [0.25, 0.3) is 0 Å². The molecule has 0 amide bonds. The standard InChI is InChI=1S/C13H21N3OS/c1-9-7-16(6-5-15(9)2)13-14-12(10-3-4-10)11(8-17)18-13/h9-10,17H,3-8H2,1-2H3. The van der Waals surface area contributed by atoms with Crippen molar-refractivity contribution in [2.24, 2.45) is 0 Å². The van der Waals surface area contributed by atoms with Crippen LogP contribution in [0.1, 0.15) is 36.3 Å². The van der Waals surface area contributed by atoms with Crippen molar-refractivity contribution in [2.45, 2.75) is 38.3 Å². The lowest BCUT2D eigenvalue weighted by molar-refractivity contribution is 0.234. The molecule has 1 unspecified atom stereocenters. The SMILES string of the molecule is CC1CN(c2nc(C3CC3)c(CO)s2)CCN1C. The Bertz CT molecular complexity index is 430. The van der Waals surface area contributed by atoms with Gasteiger partial charge in [0.2, 0.25) is 0 Å². The molecule has 1 aromatic rings. The monoisotopic (exact) mass is 267 g/mol. The fourth-order valence-corrected chi connectivity index (χ4v) is 3.54. The second-order valence-electron chi connectivity index (χ2n) is 5.51. The van der Waals surface area contributed by atoms with E-state index < -0.39 is 0 Å². The van der Waals surface area contributed by atoms with E-state index in [0.717, 1.165) is 29.6 Å². The number of piperazine rings is 1. The summed E-state index contributed by atoms with van der Waals surface area (Å²) >= 11 is 1.68. The number of likely N-dealkylation sites (N-methyl/N-ethyl adjacent to an activating group) is 1. The van der Waals surface area contributed by atoms with Crippen LogP contribution in [0.25, 0.3) is 0 Å². The molecule has 100 valence electrons. The topological polar surface area (TPSA) is 39.6 Å². The number of aliphatic hydroxyl groups is 1. The van der Waals surface area contributed by atoms with E-state index in [1.54, 1.807) is 11.3 Å². The molecule has 1 saturated carbocycles. The number of nitrogens with zero attached hydrogens (tertiary/aromatic N) is 3. The van der Waals surface area contributed by atoms with E-state index in [2.05, 4.69) is 23.8 Å². The van der Waals surface area contributed by atoms with E-state index in [4.69, 9.17) is 4.98 Å². The van der Waals surface area contributed by atoms with Crippen LogP contribution < -0.4 is 4.90 Å². The van der Waals surface area contributed by atoms with Gasteiger partial charge in [0.15, 0.2) is 5.13 Å². The van der Waals surface area contributed by atoms with Gasteiger partial charge in [-0.2, -0.15) is 0 Å². The predicted molar refractivity (Wildman–Crippen MR) is 74.3 cm³/mol. The van der Waals surface area contributed by atoms with Crippen LogP contribution in [0.5, 0.6) is 0 Å². The van der Waals surface area contributed by atoms with Gasteiger partial charge in [0.05, 0.1) is 17.2 Å². The first-order chi connectivity index (χ1) is 8.69. The number of thiazole rings is 1. The first-order valence-electron chi connectivity index (χ1n) is 6.74. The quantitative estimate of drug-likeness (QED) is 0.904. The summed E-state index contributed by atoms with van der Waals surface area (Å²) in [7, 11) is 2.18. The molecule has 1 saturated heterocycles. The Kier molecular flexibility index (Phi) is 3.30. The summed E-state index contributed by atoms with van der Waals surface area (Å²) in [6, 6.07) is 0.574. The molecular formula is C13H21N3OS. The Morgan fingerprint density at radius 3 is 2.78 bits per heavy atom. The van der Waals surface area contributed by atoms with Crippen LogP contribution in [0.3, 0.4) is 0 Å². The lowest BCUT2D eigenvalue weighted by atomic mass is 10.2. The minimum atomic E-state index is 0.146. The molecule has 0 spiro atoms. The largest absolute Gasteiger partial charge is 0.391 e. The first kappa shape index (κ1) is 12.4. The highest BCUT2D eigenvalue weighted by molar-refractivity contribution is 7.15. The lowest BCUT2D eigenvalue weighted by Crippen LogP contribution is -2.50. The van der Waals surface area contributed by atoms with Crippen LogP contribution in [0.15, 0.2) is 0 Å². The smallest absolute Gasteiger partial charge is 0.185 e. The van der Waals surface area contributed by atoms with E-state index in [1.807, 2.05) is 0 Å². The van der Waals surface area contributed by atoms with Crippen molar-refractivity contribution >= 4 is 16.5 Å². The fourth-order valence-electron chi connectivity index (χ4n) is 2.50. The molecule has 0 radical (unpaired) electrons. The molecule has 1 atom stereocenters. The highest BCUT2D eigenvalue weighted by Gasteiger charge is 2.31. The maximum absolute atomic E-state index is 9.44. The highest BCUT2D eigenvalue weighted by Crippen LogP contribution is 2.44. The second-order valence-corrected chi connectivity index (χ2v) is 6.57. The van der Waals surface area contributed by atoms with Crippen LogP contribution in [-0.2, 0) is 6.61 Å². The van der Waals surface area contributed by atoms with Gasteiger partial charge in [-0.05, 0) is 26.8 Å². The zero-order valence-electron chi connectivity index (χ0n) is 11.1. The molecule has 1 N–H and O–H groups in total. The Balaban J connectivity index is 1.79. The lowest BCUT2D eigenvalue weighted by Gasteiger charge is -2.37. The number of hydrogen-bond acceptors (Lipinski definition) is 5. The van der Waals surface area contributed by atoms with E-state index in [0.29, 0.717) is 12.0 Å². The molecule has 3 rings (SSSR count). The molecule has 2 fully saturated rings. The summed E-state index contributed by atoms with van der Waals surface area (Å²) in [6.45, 7) is 5.58. The van der Waals surface area contributed by atoms with Crippen molar-refractivity contribution < 1.29 is 5.11 Å². The van der Waals surface area contributed by atoms with E-state index in [9.17, 15) is 5.11 Å². The van der Waals surface area contributed by atoms with Crippen LogP contribution in [0.4, 0.5) is 5.13 Å². The number of rotatable bonds is 3. The van der Waals surface area contributed by atoms with Crippen molar-refractivity contribution in [3.63, 3.8) is 0 Å². The molecule has 1 aliphatic carbocycles. The molecular weight excluding hydrogens is 246 g/mol. The zero-order chi connectivity index (χ0) is 12.7. The Morgan fingerprint density at radius 2 is 2.17 bits per heavy atom. The summed E-state index contributed by atoms with van der Waals surface area (Å²) < 4.78 is 0. The molecule has 2 aliphatic rings. The Morgan fingerprint density at radius 1 is 1.39 bits per heavy atom. The van der Waals surface area contributed by atoms with Crippen LogP contribution in [0, 0.1) is 0 Å². The minimum Gasteiger partial charge on any atom is -0.391 e. The maximum atomic E-state index is 9.44. The van der Waals surface area contributed by atoms with Gasteiger partial charge in [0, 0.05) is 31.6 Å². The van der Waals surface area contributed by atoms with Crippen LogP contribution >= 0.6 is 11.3 Å². The third-order valence-corrected chi connectivity index (χ3v) is 5.17. The van der Waals surface area contributed by atoms with Crippen molar-refractivity contribution in [1.29, 1.82) is 0 Å². The second kappa shape index (κ2) is 4.79. The molecule has 4 nitrogen and oxygen atoms in total. The van der Waals surface area contributed by atoms with Gasteiger partial charge in [0.1, 0.15) is 0 Å². The van der Waals surface area contributed by atoms with Crippen molar-refractivity contribution in [3.05, 3.63) is 10.6 Å². The van der Waals surface area contributed by atoms with Gasteiger partial charge >= 0.3 is 0 Å². The Hall–Kier alpha value is -0.650. The van der Waals surface area contributed by atoms with Gasteiger partial charge in [-0.25, -0.2) is 4.98 Å². The summed E-state index contributed by atoms with van der Waals surface area (Å²) in [5, 5.41) is 10.6. The summed E-state index contributed by atoms with van der Waals surface area (Å²) in [4.78, 5) is 10.6. The zero-order valence-corrected chi connectivity index (χ0v) is 11.9. The summed E-state index contributed by atoms with van der Waals surface area (Å²) in [6.07, 6.45) is 2.49.